The molecule has 1 aromatic carbocycles. The number of carboxylic acid groups (broad SMARTS) is 1. The average Bonchev–Trinajstić information content (AvgIpc) is 2.83. The molecule has 0 spiro atoms. The van der Waals surface area contributed by atoms with Crippen LogP contribution in [-0.2, 0) is 6.42 Å². The number of rotatable bonds is 5. The summed E-state index contributed by atoms with van der Waals surface area (Å²) in [6.07, 6.45) is 1.40. The molecule has 0 aliphatic rings. The molecule has 0 aliphatic carbocycles. The van der Waals surface area contributed by atoms with Crippen molar-refractivity contribution in [3.63, 3.8) is 0 Å². The van der Waals surface area contributed by atoms with Gasteiger partial charge < -0.3 is 9.84 Å². The Labute approximate surface area is 119 Å². The number of ether oxygens (including phenoxy) is 1. The zero-order valence-electron chi connectivity index (χ0n) is 11.1. The van der Waals surface area contributed by atoms with Gasteiger partial charge in [0.2, 0.25) is 0 Å². The van der Waals surface area contributed by atoms with Crippen molar-refractivity contribution >= 4 is 17.3 Å². The number of benzene rings is 1. The summed E-state index contributed by atoms with van der Waals surface area (Å²) in [4.78, 5) is 15.7. The van der Waals surface area contributed by atoms with Gasteiger partial charge in [-0.3, -0.25) is 0 Å². The van der Waals surface area contributed by atoms with Crippen LogP contribution in [-0.4, -0.2) is 23.2 Å². The van der Waals surface area contributed by atoms with Crippen molar-refractivity contribution in [3.05, 3.63) is 34.6 Å². The van der Waals surface area contributed by atoms with Gasteiger partial charge in [0.05, 0.1) is 12.8 Å². The lowest BCUT2D eigenvalue weighted by Crippen LogP contribution is -1.98. The van der Waals surface area contributed by atoms with Gasteiger partial charge in [-0.2, -0.15) is 0 Å². The van der Waals surface area contributed by atoms with Gasteiger partial charge in [0, 0.05) is 5.56 Å². The number of aromatic nitrogens is 1. The fraction of sp³-hybridized carbons (Fsp3) is 0.286. The molecule has 4 nitrogen and oxygen atoms in total. The maximum atomic E-state index is 13.7. The van der Waals surface area contributed by atoms with Crippen molar-refractivity contribution in [2.75, 3.05) is 7.11 Å². The standard InChI is InChI=1S/C14H14FNO3S/c1-3-4-10-12(14(17)18)20-13(16-10)8-5-6-11(19-2)9(15)7-8/h5-7H,3-4H2,1-2H3,(H,17,18). The quantitative estimate of drug-likeness (QED) is 0.915. The van der Waals surface area contributed by atoms with E-state index in [0.29, 0.717) is 22.7 Å². The molecule has 6 heteroatoms. The first-order valence-corrected chi connectivity index (χ1v) is 6.95. The van der Waals surface area contributed by atoms with Gasteiger partial charge in [-0.15, -0.1) is 11.3 Å². The fourth-order valence-corrected chi connectivity index (χ4v) is 2.79. The van der Waals surface area contributed by atoms with E-state index in [1.165, 1.54) is 19.2 Å². The van der Waals surface area contributed by atoms with E-state index in [1.807, 2.05) is 6.92 Å². The molecule has 0 saturated heterocycles. The Bertz CT molecular complexity index is 639. The third kappa shape index (κ3) is 2.80. The Balaban J connectivity index is 2.44. The zero-order chi connectivity index (χ0) is 14.7. The molecule has 2 aromatic rings. The SMILES string of the molecule is CCCc1nc(-c2ccc(OC)c(F)c2)sc1C(=O)O. The molecule has 0 atom stereocenters. The van der Waals surface area contributed by atoms with Gasteiger partial charge >= 0.3 is 5.97 Å². The van der Waals surface area contributed by atoms with Crippen molar-refractivity contribution in [3.8, 4) is 16.3 Å². The monoisotopic (exact) mass is 295 g/mol. The van der Waals surface area contributed by atoms with Crippen LogP contribution < -0.4 is 4.74 Å². The molecule has 0 aliphatic heterocycles. The number of carboxylic acids is 1. The van der Waals surface area contributed by atoms with Crippen molar-refractivity contribution in [2.45, 2.75) is 19.8 Å². The Morgan fingerprint density at radius 2 is 2.25 bits per heavy atom. The summed E-state index contributed by atoms with van der Waals surface area (Å²) >= 11 is 1.06. The number of hydrogen-bond donors (Lipinski definition) is 1. The normalized spacial score (nSPS) is 10.6. The van der Waals surface area contributed by atoms with E-state index >= 15 is 0 Å². The van der Waals surface area contributed by atoms with Gasteiger partial charge in [-0.05, 0) is 24.6 Å². The van der Waals surface area contributed by atoms with Crippen LogP contribution in [0.1, 0.15) is 28.7 Å². The number of carbonyl (C=O) groups is 1. The Morgan fingerprint density at radius 3 is 2.80 bits per heavy atom. The second kappa shape index (κ2) is 6.00. The summed E-state index contributed by atoms with van der Waals surface area (Å²) in [6, 6.07) is 4.48. The summed E-state index contributed by atoms with van der Waals surface area (Å²) in [7, 11) is 1.39. The van der Waals surface area contributed by atoms with Crippen LogP contribution in [0.2, 0.25) is 0 Å². The Kier molecular flexibility index (Phi) is 4.34. The molecule has 0 unspecified atom stereocenters. The summed E-state index contributed by atoms with van der Waals surface area (Å²) in [5.41, 5.74) is 1.11. The van der Waals surface area contributed by atoms with Crippen LogP contribution in [0, 0.1) is 5.82 Å². The van der Waals surface area contributed by atoms with E-state index in [4.69, 9.17) is 9.84 Å². The molecule has 0 fully saturated rings. The second-order valence-electron chi connectivity index (χ2n) is 4.20. The molecule has 2 rings (SSSR count). The lowest BCUT2D eigenvalue weighted by Gasteiger charge is -2.02. The molecule has 106 valence electrons. The molecule has 1 aromatic heterocycles. The minimum Gasteiger partial charge on any atom is -0.494 e. The van der Waals surface area contributed by atoms with Gasteiger partial charge in [0.15, 0.2) is 11.6 Å². The molecule has 0 radical (unpaired) electrons. The molecule has 0 saturated carbocycles. The third-order valence-electron chi connectivity index (χ3n) is 2.78. The van der Waals surface area contributed by atoms with Crippen LogP contribution in [0.4, 0.5) is 4.39 Å². The first-order valence-electron chi connectivity index (χ1n) is 6.13. The van der Waals surface area contributed by atoms with E-state index < -0.39 is 11.8 Å². The van der Waals surface area contributed by atoms with E-state index in [-0.39, 0.29) is 10.6 Å². The summed E-state index contributed by atoms with van der Waals surface area (Å²) in [5, 5.41) is 9.67. The number of halogens is 1. The fourth-order valence-electron chi connectivity index (χ4n) is 1.85. The molecule has 0 bridgehead atoms. The highest BCUT2D eigenvalue weighted by Crippen LogP contribution is 2.31. The summed E-state index contributed by atoms with van der Waals surface area (Å²) in [5.74, 6) is -1.34. The van der Waals surface area contributed by atoms with E-state index in [2.05, 4.69) is 4.98 Å². The molecule has 1 N–H and O–H groups in total. The van der Waals surface area contributed by atoms with Gasteiger partial charge in [0.25, 0.3) is 0 Å². The number of thiazole rings is 1. The molecular formula is C14H14FNO3S. The highest BCUT2D eigenvalue weighted by atomic mass is 32.1. The predicted octanol–water partition coefficient (Wildman–Crippen LogP) is 3.61. The topological polar surface area (TPSA) is 59.4 Å². The molecule has 20 heavy (non-hydrogen) atoms. The Hall–Kier alpha value is -1.95. The zero-order valence-corrected chi connectivity index (χ0v) is 12.0. The van der Waals surface area contributed by atoms with Gasteiger partial charge in [-0.1, -0.05) is 13.3 Å². The maximum Gasteiger partial charge on any atom is 0.347 e. The smallest absolute Gasteiger partial charge is 0.347 e. The van der Waals surface area contributed by atoms with Crippen molar-refractivity contribution in [1.29, 1.82) is 0 Å². The second-order valence-corrected chi connectivity index (χ2v) is 5.20. The largest absolute Gasteiger partial charge is 0.494 e. The predicted molar refractivity (Wildman–Crippen MR) is 75.0 cm³/mol. The van der Waals surface area contributed by atoms with E-state index in [9.17, 15) is 9.18 Å². The third-order valence-corrected chi connectivity index (χ3v) is 3.91. The Morgan fingerprint density at radius 1 is 1.50 bits per heavy atom. The first-order chi connectivity index (χ1) is 9.56. The van der Waals surface area contributed by atoms with Crippen molar-refractivity contribution in [1.82, 2.24) is 4.98 Å². The number of methoxy groups -OCH3 is 1. The summed E-state index contributed by atoms with van der Waals surface area (Å²) in [6.45, 7) is 1.96. The van der Waals surface area contributed by atoms with Crippen molar-refractivity contribution in [2.24, 2.45) is 0 Å². The van der Waals surface area contributed by atoms with Crippen LogP contribution in [0.15, 0.2) is 18.2 Å². The number of aryl methyl sites for hydroxylation is 1. The minimum absolute atomic E-state index is 0.151. The summed E-state index contributed by atoms with van der Waals surface area (Å²) < 4.78 is 18.5. The van der Waals surface area contributed by atoms with Gasteiger partial charge in [-0.25, -0.2) is 14.2 Å². The molecular weight excluding hydrogens is 281 g/mol. The highest BCUT2D eigenvalue weighted by Gasteiger charge is 2.18. The minimum atomic E-state index is -0.994. The lowest BCUT2D eigenvalue weighted by atomic mass is 10.2. The van der Waals surface area contributed by atoms with Crippen LogP contribution >= 0.6 is 11.3 Å². The lowest BCUT2D eigenvalue weighted by molar-refractivity contribution is 0.0700. The van der Waals surface area contributed by atoms with E-state index in [1.54, 1.807) is 6.07 Å². The maximum absolute atomic E-state index is 13.7. The number of nitrogens with zero attached hydrogens (tertiary/aromatic N) is 1. The molecule has 0 amide bonds. The van der Waals surface area contributed by atoms with Crippen LogP contribution in [0.5, 0.6) is 5.75 Å². The number of aromatic carboxylic acids is 1. The average molecular weight is 295 g/mol. The van der Waals surface area contributed by atoms with Gasteiger partial charge in [0.1, 0.15) is 9.88 Å². The first kappa shape index (κ1) is 14.5. The molecule has 1 heterocycles. The highest BCUT2D eigenvalue weighted by molar-refractivity contribution is 7.17. The van der Waals surface area contributed by atoms with Crippen LogP contribution in [0.3, 0.4) is 0 Å². The van der Waals surface area contributed by atoms with Crippen molar-refractivity contribution < 1.29 is 19.0 Å². The van der Waals surface area contributed by atoms with E-state index in [0.717, 1.165) is 17.8 Å². The number of hydrogen-bond acceptors (Lipinski definition) is 4. The van der Waals surface area contributed by atoms with Crippen LogP contribution in [0.25, 0.3) is 10.6 Å².